The van der Waals surface area contributed by atoms with Gasteiger partial charge in [-0.3, -0.25) is 4.79 Å². The molecule has 1 N–H and O–H groups in total. The van der Waals surface area contributed by atoms with Crippen LogP contribution in [0.4, 0.5) is 0 Å². The van der Waals surface area contributed by atoms with Gasteiger partial charge in [-0.25, -0.2) is 0 Å². The molecule has 0 saturated heterocycles. The SMILES string of the molecule is O=C1/C(=C(\O)c2ccccc2)C(c2ccco2)Sc2ccccc21. The van der Waals surface area contributed by atoms with E-state index < -0.39 is 0 Å². The molecule has 1 unspecified atom stereocenters. The Morgan fingerprint density at radius 1 is 0.958 bits per heavy atom. The van der Waals surface area contributed by atoms with Crippen LogP contribution in [-0.4, -0.2) is 10.9 Å². The van der Waals surface area contributed by atoms with Crippen LogP contribution in [0.3, 0.4) is 0 Å². The molecule has 2 aromatic carbocycles. The molecule has 3 aromatic rings. The van der Waals surface area contributed by atoms with E-state index in [-0.39, 0.29) is 16.8 Å². The number of rotatable bonds is 2. The summed E-state index contributed by atoms with van der Waals surface area (Å²) in [7, 11) is 0. The van der Waals surface area contributed by atoms with E-state index in [1.807, 2.05) is 42.5 Å². The fraction of sp³-hybridized carbons (Fsp3) is 0.0500. The fourth-order valence-electron chi connectivity index (χ4n) is 2.83. The molecule has 4 heteroatoms. The summed E-state index contributed by atoms with van der Waals surface area (Å²) in [6.07, 6.45) is 1.58. The maximum atomic E-state index is 13.1. The monoisotopic (exact) mass is 334 g/mol. The Labute approximate surface area is 143 Å². The number of aliphatic hydroxyl groups is 1. The van der Waals surface area contributed by atoms with E-state index in [4.69, 9.17) is 4.42 Å². The van der Waals surface area contributed by atoms with Gasteiger partial charge in [0.15, 0.2) is 5.78 Å². The number of hydrogen-bond acceptors (Lipinski definition) is 4. The van der Waals surface area contributed by atoms with Crippen molar-refractivity contribution in [2.45, 2.75) is 10.1 Å². The second kappa shape index (κ2) is 6.06. The summed E-state index contributed by atoms with van der Waals surface area (Å²) in [5.74, 6) is 0.497. The minimum atomic E-state index is -0.373. The summed E-state index contributed by atoms with van der Waals surface area (Å²) in [6.45, 7) is 0. The van der Waals surface area contributed by atoms with Gasteiger partial charge in [-0.2, -0.15) is 0 Å². The van der Waals surface area contributed by atoms with Crippen LogP contribution in [0.5, 0.6) is 0 Å². The zero-order chi connectivity index (χ0) is 16.5. The van der Waals surface area contributed by atoms with Crippen LogP contribution < -0.4 is 0 Å². The quantitative estimate of drug-likeness (QED) is 0.512. The Kier molecular flexibility index (Phi) is 3.75. The van der Waals surface area contributed by atoms with E-state index in [1.54, 1.807) is 30.5 Å². The summed E-state index contributed by atoms with van der Waals surface area (Å²) in [5.41, 5.74) is 1.60. The highest BCUT2D eigenvalue weighted by atomic mass is 32.2. The first-order chi connectivity index (χ1) is 11.8. The number of Topliss-reactive ketones (excluding diaryl/α,β-unsaturated/α-hetero) is 1. The third kappa shape index (κ3) is 2.45. The van der Waals surface area contributed by atoms with Crippen molar-refractivity contribution in [3.63, 3.8) is 0 Å². The Hall–Kier alpha value is -2.72. The van der Waals surface area contributed by atoms with Gasteiger partial charge in [0, 0.05) is 16.0 Å². The second-order valence-corrected chi connectivity index (χ2v) is 6.61. The predicted octanol–water partition coefficient (Wildman–Crippen LogP) is 5.28. The zero-order valence-corrected chi connectivity index (χ0v) is 13.5. The molecule has 0 saturated carbocycles. The summed E-state index contributed by atoms with van der Waals surface area (Å²) < 4.78 is 5.53. The minimum Gasteiger partial charge on any atom is -0.507 e. The number of furan rings is 1. The second-order valence-electron chi connectivity index (χ2n) is 5.47. The van der Waals surface area contributed by atoms with Gasteiger partial charge >= 0.3 is 0 Å². The van der Waals surface area contributed by atoms with E-state index in [2.05, 4.69) is 0 Å². The molecular formula is C20H14O3S. The minimum absolute atomic E-state index is 0.00371. The van der Waals surface area contributed by atoms with Crippen LogP contribution >= 0.6 is 11.8 Å². The Morgan fingerprint density at radius 2 is 1.71 bits per heavy atom. The molecule has 0 fully saturated rings. The molecule has 1 aliphatic rings. The molecule has 118 valence electrons. The molecule has 0 aliphatic carbocycles. The number of thioether (sulfide) groups is 1. The lowest BCUT2D eigenvalue weighted by Gasteiger charge is -2.25. The largest absolute Gasteiger partial charge is 0.507 e. The van der Waals surface area contributed by atoms with Crippen molar-refractivity contribution in [2.24, 2.45) is 0 Å². The van der Waals surface area contributed by atoms with Crippen molar-refractivity contribution >= 4 is 23.3 Å². The Bertz CT molecular complexity index is 911. The number of aliphatic hydroxyl groups excluding tert-OH is 1. The Morgan fingerprint density at radius 3 is 2.46 bits per heavy atom. The first kappa shape index (κ1) is 14.8. The van der Waals surface area contributed by atoms with Crippen LogP contribution in [0, 0.1) is 0 Å². The van der Waals surface area contributed by atoms with Crippen molar-refractivity contribution in [1.29, 1.82) is 0 Å². The smallest absolute Gasteiger partial charge is 0.195 e. The first-order valence-electron chi connectivity index (χ1n) is 7.58. The molecule has 3 nitrogen and oxygen atoms in total. The van der Waals surface area contributed by atoms with E-state index >= 15 is 0 Å². The third-order valence-corrected chi connectivity index (χ3v) is 5.30. The van der Waals surface area contributed by atoms with Crippen LogP contribution in [0.25, 0.3) is 5.76 Å². The van der Waals surface area contributed by atoms with Gasteiger partial charge in [0.2, 0.25) is 0 Å². The number of carbonyl (C=O) groups is 1. The molecule has 0 radical (unpaired) electrons. The number of fused-ring (bicyclic) bond motifs is 1. The van der Waals surface area contributed by atoms with Gasteiger partial charge in [0.25, 0.3) is 0 Å². The lowest BCUT2D eigenvalue weighted by Crippen LogP contribution is -2.18. The Balaban J connectivity index is 1.93. The molecule has 24 heavy (non-hydrogen) atoms. The van der Waals surface area contributed by atoms with Crippen molar-refractivity contribution in [1.82, 2.24) is 0 Å². The maximum Gasteiger partial charge on any atom is 0.195 e. The van der Waals surface area contributed by atoms with E-state index in [9.17, 15) is 9.90 Å². The topological polar surface area (TPSA) is 50.4 Å². The van der Waals surface area contributed by atoms with E-state index in [0.717, 1.165) is 4.90 Å². The molecule has 0 spiro atoms. The fourth-order valence-corrected chi connectivity index (χ4v) is 4.12. The number of hydrogen-bond donors (Lipinski definition) is 1. The highest BCUT2D eigenvalue weighted by Gasteiger charge is 2.36. The highest BCUT2D eigenvalue weighted by molar-refractivity contribution is 8.00. The molecule has 1 aromatic heterocycles. The van der Waals surface area contributed by atoms with Crippen molar-refractivity contribution < 1.29 is 14.3 Å². The molecule has 1 atom stereocenters. The number of carbonyl (C=O) groups excluding carboxylic acids is 1. The molecule has 0 bridgehead atoms. The zero-order valence-electron chi connectivity index (χ0n) is 12.7. The molecule has 2 heterocycles. The number of benzene rings is 2. The van der Waals surface area contributed by atoms with Gasteiger partial charge in [-0.1, -0.05) is 42.5 Å². The summed E-state index contributed by atoms with van der Waals surface area (Å²) in [5, 5.41) is 10.4. The van der Waals surface area contributed by atoms with Crippen molar-refractivity contribution in [3.05, 3.63) is 95.5 Å². The average Bonchev–Trinajstić information content (AvgIpc) is 3.16. The van der Waals surface area contributed by atoms with Crippen molar-refractivity contribution in [3.8, 4) is 0 Å². The highest BCUT2D eigenvalue weighted by Crippen LogP contribution is 2.49. The number of ketones is 1. The first-order valence-corrected chi connectivity index (χ1v) is 8.46. The molecule has 0 amide bonds. The van der Waals surface area contributed by atoms with Gasteiger partial charge < -0.3 is 9.52 Å². The van der Waals surface area contributed by atoms with Crippen LogP contribution in [0.15, 0.2) is 87.9 Å². The lowest BCUT2D eigenvalue weighted by molar-refractivity contribution is 0.102. The van der Waals surface area contributed by atoms with Crippen LogP contribution in [0.1, 0.15) is 26.9 Å². The molecular weight excluding hydrogens is 320 g/mol. The van der Waals surface area contributed by atoms with Gasteiger partial charge in [-0.05, 0) is 24.3 Å². The third-order valence-electron chi connectivity index (χ3n) is 3.99. The van der Waals surface area contributed by atoms with Gasteiger partial charge in [0.1, 0.15) is 11.5 Å². The molecule has 1 aliphatic heterocycles. The maximum absolute atomic E-state index is 13.1. The normalized spacial score (nSPS) is 19.0. The summed E-state index contributed by atoms with van der Waals surface area (Å²) >= 11 is 1.52. The van der Waals surface area contributed by atoms with Gasteiger partial charge in [-0.15, -0.1) is 11.8 Å². The van der Waals surface area contributed by atoms with Gasteiger partial charge in [0.05, 0.1) is 17.1 Å². The average molecular weight is 334 g/mol. The van der Waals surface area contributed by atoms with Crippen LogP contribution in [-0.2, 0) is 0 Å². The summed E-state index contributed by atoms with van der Waals surface area (Å²) in [4.78, 5) is 14.0. The summed E-state index contributed by atoms with van der Waals surface area (Å²) in [6, 6.07) is 20.2. The lowest BCUT2D eigenvalue weighted by atomic mass is 9.95. The standard InChI is InChI=1S/C20H14O3S/c21-18(13-7-2-1-3-8-13)17-19(22)14-9-4-5-11-16(14)24-20(17)15-10-6-12-23-15/h1-12,20-21H/b18-17+. The molecule has 4 rings (SSSR count). The van der Waals surface area contributed by atoms with Crippen molar-refractivity contribution in [2.75, 3.05) is 0 Å². The van der Waals surface area contributed by atoms with E-state index in [0.29, 0.717) is 22.5 Å². The van der Waals surface area contributed by atoms with Crippen LogP contribution in [0.2, 0.25) is 0 Å². The van der Waals surface area contributed by atoms with E-state index in [1.165, 1.54) is 11.8 Å². The predicted molar refractivity (Wildman–Crippen MR) is 94.1 cm³/mol.